The molecule has 0 atom stereocenters. The Morgan fingerprint density at radius 3 is 2.68 bits per heavy atom. The highest BCUT2D eigenvalue weighted by atomic mass is 35.5. The summed E-state index contributed by atoms with van der Waals surface area (Å²) in [4.78, 5) is 22.9. The van der Waals surface area contributed by atoms with E-state index in [4.69, 9.17) is 16.3 Å². The van der Waals surface area contributed by atoms with Gasteiger partial charge in [0.1, 0.15) is 18.0 Å². The summed E-state index contributed by atoms with van der Waals surface area (Å²) >= 11 is 5.94. The Bertz CT molecular complexity index is 1050. The largest absolute Gasteiger partial charge is 0.457 e. The number of ether oxygens (including phenoxy) is 1. The second-order valence-electron chi connectivity index (χ2n) is 6.19. The lowest BCUT2D eigenvalue weighted by Gasteiger charge is -2.11. The van der Waals surface area contributed by atoms with Crippen molar-refractivity contribution in [3.05, 3.63) is 75.1 Å². The molecule has 3 aromatic rings. The van der Waals surface area contributed by atoms with Crippen molar-refractivity contribution in [2.75, 3.05) is 5.32 Å². The van der Waals surface area contributed by atoms with Crippen LogP contribution in [0.2, 0.25) is 5.02 Å². The normalized spacial score (nSPS) is 10.5. The highest BCUT2D eigenvalue weighted by Gasteiger charge is 2.14. The number of carbonyl (C=O) groups excluding carboxylic acids is 1. The van der Waals surface area contributed by atoms with Gasteiger partial charge in [0.05, 0.1) is 22.4 Å². The molecule has 0 saturated heterocycles. The Balaban J connectivity index is 1.82. The van der Waals surface area contributed by atoms with E-state index < -0.39 is 4.92 Å². The number of carbonyl (C=O) groups is 1. The first-order chi connectivity index (χ1) is 13.3. The number of benzene rings is 2. The number of nitro benzene ring substituents is 1. The SMILES string of the molecule is Cc1ccn(CC(=O)Nc2cc(Oc3ccc(Cl)cc3C)cc([N+](=O)[O-])c2)n1. The van der Waals surface area contributed by atoms with Crippen LogP contribution in [0.15, 0.2) is 48.7 Å². The smallest absolute Gasteiger partial charge is 0.275 e. The molecule has 3 rings (SSSR count). The maximum Gasteiger partial charge on any atom is 0.275 e. The summed E-state index contributed by atoms with van der Waals surface area (Å²) in [6.45, 7) is 3.62. The number of aryl methyl sites for hydroxylation is 2. The molecule has 0 saturated carbocycles. The zero-order valence-corrected chi connectivity index (χ0v) is 15.9. The molecular formula is C19H17ClN4O4. The summed E-state index contributed by atoms with van der Waals surface area (Å²) in [5.41, 5.74) is 1.62. The second-order valence-corrected chi connectivity index (χ2v) is 6.62. The highest BCUT2D eigenvalue weighted by molar-refractivity contribution is 6.30. The van der Waals surface area contributed by atoms with Crippen molar-refractivity contribution in [3.63, 3.8) is 0 Å². The third-order valence-electron chi connectivity index (χ3n) is 3.83. The fourth-order valence-electron chi connectivity index (χ4n) is 2.57. The van der Waals surface area contributed by atoms with Crippen molar-refractivity contribution in [1.29, 1.82) is 0 Å². The minimum Gasteiger partial charge on any atom is -0.457 e. The molecule has 144 valence electrons. The summed E-state index contributed by atoms with van der Waals surface area (Å²) in [7, 11) is 0. The van der Waals surface area contributed by atoms with E-state index in [0.29, 0.717) is 10.8 Å². The zero-order chi connectivity index (χ0) is 20.3. The van der Waals surface area contributed by atoms with Gasteiger partial charge in [0.15, 0.2) is 0 Å². The van der Waals surface area contributed by atoms with Gasteiger partial charge in [-0.15, -0.1) is 0 Å². The van der Waals surface area contributed by atoms with E-state index in [-0.39, 0.29) is 29.6 Å². The number of nitrogens with zero attached hydrogens (tertiary/aromatic N) is 3. The lowest BCUT2D eigenvalue weighted by atomic mass is 10.2. The van der Waals surface area contributed by atoms with Gasteiger partial charge in [-0.1, -0.05) is 11.6 Å². The fraction of sp³-hybridized carbons (Fsp3) is 0.158. The maximum atomic E-state index is 12.2. The van der Waals surface area contributed by atoms with Gasteiger partial charge in [-0.3, -0.25) is 19.6 Å². The number of aromatic nitrogens is 2. The van der Waals surface area contributed by atoms with E-state index in [2.05, 4.69) is 10.4 Å². The molecule has 0 spiro atoms. The third kappa shape index (κ3) is 4.86. The fourth-order valence-corrected chi connectivity index (χ4v) is 2.80. The molecule has 1 N–H and O–H groups in total. The van der Waals surface area contributed by atoms with Crippen LogP contribution in [-0.4, -0.2) is 20.6 Å². The molecule has 0 aliphatic heterocycles. The topological polar surface area (TPSA) is 99.3 Å². The van der Waals surface area contributed by atoms with Gasteiger partial charge < -0.3 is 10.1 Å². The first-order valence-corrected chi connectivity index (χ1v) is 8.71. The summed E-state index contributed by atoms with van der Waals surface area (Å²) in [5.74, 6) is 0.372. The number of rotatable bonds is 6. The molecular weight excluding hydrogens is 384 g/mol. The maximum absolute atomic E-state index is 12.2. The Hall–Kier alpha value is -3.39. The van der Waals surface area contributed by atoms with Crippen molar-refractivity contribution in [3.8, 4) is 11.5 Å². The van der Waals surface area contributed by atoms with E-state index >= 15 is 0 Å². The van der Waals surface area contributed by atoms with Crippen LogP contribution in [0.3, 0.4) is 0 Å². The van der Waals surface area contributed by atoms with Crippen molar-refractivity contribution in [2.24, 2.45) is 0 Å². The van der Waals surface area contributed by atoms with Crippen LogP contribution in [0.4, 0.5) is 11.4 Å². The van der Waals surface area contributed by atoms with Gasteiger partial charge >= 0.3 is 0 Å². The molecule has 9 heteroatoms. The van der Waals surface area contributed by atoms with Crippen LogP contribution in [0, 0.1) is 24.0 Å². The number of hydrogen-bond donors (Lipinski definition) is 1. The van der Waals surface area contributed by atoms with Gasteiger partial charge in [0.25, 0.3) is 5.69 Å². The lowest BCUT2D eigenvalue weighted by molar-refractivity contribution is -0.384. The number of anilines is 1. The predicted molar refractivity (Wildman–Crippen MR) is 105 cm³/mol. The van der Waals surface area contributed by atoms with Gasteiger partial charge in [0, 0.05) is 23.4 Å². The molecule has 0 aliphatic carbocycles. The average Bonchev–Trinajstić information content (AvgIpc) is 3.01. The first kappa shape index (κ1) is 19.4. The van der Waals surface area contributed by atoms with Gasteiger partial charge in [0.2, 0.25) is 5.91 Å². The van der Waals surface area contributed by atoms with Crippen LogP contribution in [0.25, 0.3) is 0 Å². The third-order valence-corrected chi connectivity index (χ3v) is 4.07. The number of nitro groups is 1. The molecule has 0 bridgehead atoms. The summed E-state index contributed by atoms with van der Waals surface area (Å²) in [6.07, 6.45) is 1.68. The lowest BCUT2D eigenvalue weighted by Crippen LogP contribution is -2.19. The van der Waals surface area contributed by atoms with Gasteiger partial charge in [-0.25, -0.2) is 0 Å². The standard InChI is InChI=1S/C19H17ClN4O4/c1-12-7-14(20)3-4-18(12)28-17-9-15(8-16(10-17)24(26)27)21-19(25)11-23-6-5-13(2)22-23/h3-10H,11H2,1-2H3,(H,21,25). The molecule has 1 aromatic heterocycles. The molecule has 0 unspecified atom stereocenters. The summed E-state index contributed by atoms with van der Waals surface area (Å²) < 4.78 is 7.25. The number of halogens is 1. The highest BCUT2D eigenvalue weighted by Crippen LogP contribution is 2.32. The Morgan fingerprint density at radius 2 is 2.04 bits per heavy atom. The summed E-state index contributed by atoms with van der Waals surface area (Å²) in [6, 6.07) is 10.9. The van der Waals surface area contributed by atoms with Crippen LogP contribution < -0.4 is 10.1 Å². The van der Waals surface area contributed by atoms with Crippen molar-refractivity contribution in [1.82, 2.24) is 9.78 Å². The molecule has 1 heterocycles. The van der Waals surface area contributed by atoms with Crippen LogP contribution in [0.1, 0.15) is 11.3 Å². The molecule has 1 amide bonds. The molecule has 0 aliphatic rings. The van der Waals surface area contributed by atoms with Crippen molar-refractivity contribution >= 4 is 28.9 Å². The second kappa shape index (κ2) is 8.10. The molecule has 0 fully saturated rings. The van der Waals surface area contributed by atoms with Crippen molar-refractivity contribution < 1.29 is 14.5 Å². The Labute approximate surface area is 165 Å². The van der Waals surface area contributed by atoms with E-state index in [0.717, 1.165) is 11.3 Å². The van der Waals surface area contributed by atoms with E-state index in [9.17, 15) is 14.9 Å². The minimum absolute atomic E-state index is 0.0109. The molecule has 2 aromatic carbocycles. The van der Waals surface area contributed by atoms with Crippen molar-refractivity contribution in [2.45, 2.75) is 20.4 Å². The number of amides is 1. The number of non-ortho nitro benzene ring substituents is 1. The Morgan fingerprint density at radius 1 is 1.25 bits per heavy atom. The summed E-state index contributed by atoms with van der Waals surface area (Å²) in [5, 5.41) is 18.6. The molecule has 28 heavy (non-hydrogen) atoms. The number of nitrogens with one attached hydrogen (secondary N) is 1. The van der Waals surface area contributed by atoms with Crippen LogP contribution >= 0.6 is 11.6 Å². The Kier molecular flexibility index (Phi) is 5.60. The number of hydrogen-bond acceptors (Lipinski definition) is 5. The monoisotopic (exact) mass is 400 g/mol. The molecule has 0 radical (unpaired) electrons. The van der Waals surface area contributed by atoms with Crippen LogP contribution in [-0.2, 0) is 11.3 Å². The van der Waals surface area contributed by atoms with E-state index in [1.54, 1.807) is 30.5 Å². The predicted octanol–water partition coefficient (Wildman–Crippen LogP) is 4.49. The van der Waals surface area contributed by atoms with E-state index in [1.165, 1.54) is 22.9 Å². The van der Waals surface area contributed by atoms with E-state index in [1.807, 2.05) is 13.8 Å². The zero-order valence-electron chi connectivity index (χ0n) is 15.2. The van der Waals surface area contributed by atoms with Gasteiger partial charge in [-0.05, 0) is 43.7 Å². The van der Waals surface area contributed by atoms with Crippen LogP contribution in [0.5, 0.6) is 11.5 Å². The quantitative estimate of drug-likeness (QED) is 0.485. The van der Waals surface area contributed by atoms with Gasteiger partial charge in [-0.2, -0.15) is 5.10 Å². The first-order valence-electron chi connectivity index (χ1n) is 8.33. The molecule has 8 nitrogen and oxygen atoms in total. The minimum atomic E-state index is -0.548. The average molecular weight is 401 g/mol.